The minimum atomic E-state index is 1.13. The molecule has 0 saturated carbocycles. The number of hydrogen-bond acceptors (Lipinski definition) is 2. The van der Waals surface area contributed by atoms with Gasteiger partial charge >= 0.3 is 0 Å². The van der Waals surface area contributed by atoms with Crippen molar-refractivity contribution in [3.05, 3.63) is 241 Å². The monoisotopic (exact) mass is 730 g/mol. The first-order valence-electron chi connectivity index (χ1n) is 19.5. The number of para-hydroxylation sites is 3. The second kappa shape index (κ2) is 16.1. The summed E-state index contributed by atoms with van der Waals surface area (Å²) in [5, 5.41) is 2.47. The minimum absolute atomic E-state index is 1.13. The van der Waals surface area contributed by atoms with Crippen molar-refractivity contribution in [3.8, 4) is 22.3 Å². The summed E-state index contributed by atoms with van der Waals surface area (Å²) in [7, 11) is 0. The summed E-state index contributed by atoms with van der Waals surface area (Å²) in [5.41, 5.74) is 15.2. The molecule has 0 aliphatic rings. The van der Waals surface area contributed by atoms with E-state index in [9.17, 15) is 0 Å². The van der Waals surface area contributed by atoms with Gasteiger partial charge in [0.05, 0.1) is 0 Å². The van der Waals surface area contributed by atoms with Crippen molar-refractivity contribution in [1.29, 1.82) is 0 Å². The topological polar surface area (TPSA) is 6.48 Å². The van der Waals surface area contributed by atoms with E-state index in [0.29, 0.717) is 0 Å². The van der Waals surface area contributed by atoms with E-state index in [2.05, 4.69) is 253 Å². The van der Waals surface area contributed by atoms with Crippen molar-refractivity contribution >= 4 is 57.0 Å². The zero-order valence-electron chi connectivity index (χ0n) is 31.9. The summed E-state index contributed by atoms with van der Waals surface area (Å²) >= 11 is 0. The van der Waals surface area contributed by atoms with Crippen LogP contribution in [0.2, 0.25) is 0 Å². The van der Waals surface area contributed by atoms with Crippen LogP contribution in [0.5, 0.6) is 0 Å². The molecule has 2 nitrogen and oxygen atoms in total. The molecule has 0 saturated heterocycles. The predicted octanol–water partition coefficient (Wildman–Crippen LogP) is 15.6. The molecule has 0 N–H and O–H groups in total. The molecule has 0 fully saturated rings. The predicted molar refractivity (Wildman–Crippen MR) is 244 cm³/mol. The lowest BCUT2D eigenvalue weighted by atomic mass is 10.0. The molecule has 0 aromatic heterocycles. The molecule has 9 rings (SSSR count). The Morgan fingerprint density at radius 2 is 0.684 bits per heavy atom. The number of fused-ring (bicyclic) bond motifs is 1. The van der Waals surface area contributed by atoms with Gasteiger partial charge in [0.2, 0.25) is 0 Å². The SMILES string of the molecule is Cc1ccccc1N(c1ccc(-c2ccc(/C=C/c3ccc(-c4ccc(N(c5ccccc5)c5ccccc5)cc4)cc3)cc2)cc1)c1ccc2ccccc2c1. The Balaban J connectivity index is 0.887. The molecule has 0 aliphatic carbocycles. The fourth-order valence-electron chi connectivity index (χ4n) is 7.53. The third-order valence-electron chi connectivity index (χ3n) is 10.6. The van der Waals surface area contributed by atoms with E-state index in [1.807, 2.05) is 0 Å². The molecule has 0 heterocycles. The first-order valence-corrected chi connectivity index (χ1v) is 19.5. The standard InChI is InChI=1S/C55H42N2/c1-41-12-8-11-19-55(41)57(54-39-34-44-13-9-10-14-49(44)40-54)53-37-32-48(33-38-53)46-28-24-43(25-29-46)21-20-42-22-26-45(27-23-42)47-30-35-52(36-31-47)56(50-15-4-2-5-16-50)51-17-6-3-7-18-51/h2-40H,1H3/b21-20+. The number of hydrogen-bond donors (Lipinski definition) is 0. The Labute approximate surface area is 335 Å². The number of anilines is 6. The number of benzene rings is 9. The van der Waals surface area contributed by atoms with Crippen LogP contribution in [0.3, 0.4) is 0 Å². The quantitative estimate of drug-likeness (QED) is 0.129. The summed E-state index contributed by atoms with van der Waals surface area (Å²) in [6.45, 7) is 2.18. The van der Waals surface area contributed by atoms with Crippen LogP contribution in [0.1, 0.15) is 16.7 Å². The lowest BCUT2D eigenvalue weighted by Gasteiger charge is -2.27. The van der Waals surface area contributed by atoms with Gasteiger partial charge in [-0.3, -0.25) is 0 Å². The van der Waals surface area contributed by atoms with Crippen LogP contribution >= 0.6 is 0 Å². The van der Waals surface area contributed by atoms with Crippen LogP contribution in [0.25, 0.3) is 45.2 Å². The summed E-state index contributed by atoms with van der Waals surface area (Å²) in [6, 6.07) is 80.2. The molecule has 0 atom stereocenters. The van der Waals surface area contributed by atoms with E-state index >= 15 is 0 Å². The van der Waals surface area contributed by atoms with E-state index in [0.717, 1.165) is 28.4 Å². The van der Waals surface area contributed by atoms with Crippen molar-refractivity contribution in [1.82, 2.24) is 0 Å². The average Bonchev–Trinajstić information content (AvgIpc) is 3.28. The van der Waals surface area contributed by atoms with Crippen molar-refractivity contribution in [2.45, 2.75) is 6.92 Å². The van der Waals surface area contributed by atoms with Gasteiger partial charge in [-0.05, 0) is 123 Å². The fraction of sp³-hybridized carbons (Fsp3) is 0.0182. The van der Waals surface area contributed by atoms with Gasteiger partial charge in [-0.15, -0.1) is 0 Å². The molecule has 2 heteroatoms. The maximum absolute atomic E-state index is 2.36. The highest BCUT2D eigenvalue weighted by Gasteiger charge is 2.16. The first kappa shape index (κ1) is 35.3. The van der Waals surface area contributed by atoms with Gasteiger partial charge in [-0.1, -0.05) is 170 Å². The lowest BCUT2D eigenvalue weighted by molar-refractivity contribution is 1.25. The van der Waals surface area contributed by atoms with Gasteiger partial charge in [0.15, 0.2) is 0 Å². The highest BCUT2D eigenvalue weighted by Crippen LogP contribution is 2.39. The van der Waals surface area contributed by atoms with Gasteiger partial charge in [-0.25, -0.2) is 0 Å². The second-order valence-corrected chi connectivity index (χ2v) is 14.3. The maximum Gasteiger partial charge on any atom is 0.0490 e. The van der Waals surface area contributed by atoms with Gasteiger partial charge in [0.25, 0.3) is 0 Å². The highest BCUT2D eigenvalue weighted by molar-refractivity contribution is 5.90. The fourth-order valence-corrected chi connectivity index (χ4v) is 7.53. The average molecular weight is 731 g/mol. The molecule has 0 amide bonds. The molecule has 9 aromatic carbocycles. The van der Waals surface area contributed by atoms with E-state index in [1.54, 1.807) is 0 Å². The molecule has 0 radical (unpaired) electrons. The zero-order valence-corrected chi connectivity index (χ0v) is 31.9. The Kier molecular flexibility index (Phi) is 9.99. The maximum atomic E-state index is 2.36. The summed E-state index contributed by atoms with van der Waals surface area (Å²) in [6.07, 6.45) is 4.36. The van der Waals surface area contributed by atoms with Gasteiger partial charge in [-0.2, -0.15) is 0 Å². The Morgan fingerprint density at radius 1 is 0.298 bits per heavy atom. The van der Waals surface area contributed by atoms with Gasteiger partial charge in [0.1, 0.15) is 0 Å². The summed E-state index contributed by atoms with van der Waals surface area (Å²) in [4.78, 5) is 4.64. The van der Waals surface area contributed by atoms with Crippen LogP contribution < -0.4 is 9.80 Å². The summed E-state index contributed by atoms with van der Waals surface area (Å²) < 4.78 is 0. The van der Waals surface area contributed by atoms with Crippen LogP contribution in [0, 0.1) is 6.92 Å². The van der Waals surface area contributed by atoms with Crippen molar-refractivity contribution < 1.29 is 0 Å². The zero-order chi connectivity index (χ0) is 38.4. The smallest absolute Gasteiger partial charge is 0.0490 e. The van der Waals surface area contributed by atoms with Crippen molar-refractivity contribution in [2.24, 2.45) is 0 Å². The van der Waals surface area contributed by atoms with Crippen LogP contribution in [-0.4, -0.2) is 0 Å². The molecular formula is C55H42N2. The third kappa shape index (κ3) is 7.76. The van der Waals surface area contributed by atoms with Crippen molar-refractivity contribution in [2.75, 3.05) is 9.80 Å². The third-order valence-corrected chi connectivity index (χ3v) is 10.6. The normalized spacial score (nSPS) is 11.2. The molecular weight excluding hydrogens is 689 g/mol. The van der Waals surface area contributed by atoms with E-state index in [4.69, 9.17) is 0 Å². The van der Waals surface area contributed by atoms with E-state index in [1.165, 1.54) is 55.4 Å². The van der Waals surface area contributed by atoms with Gasteiger partial charge < -0.3 is 9.80 Å². The number of rotatable bonds is 10. The first-order chi connectivity index (χ1) is 28.2. The highest BCUT2D eigenvalue weighted by atomic mass is 15.1. The summed E-state index contributed by atoms with van der Waals surface area (Å²) in [5.74, 6) is 0. The minimum Gasteiger partial charge on any atom is -0.311 e. The molecule has 0 unspecified atom stereocenters. The Hall–Kier alpha value is -7.42. The largest absolute Gasteiger partial charge is 0.311 e. The lowest BCUT2D eigenvalue weighted by Crippen LogP contribution is -2.11. The molecule has 9 aromatic rings. The van der Waals surface area contributed by atoms with Crippen LogP contribution in [0.4, 0.5) is 34.1 Å². The molecule has 57 heavy (non-hydrogen) atoms. The van der Waals surface area contributed by atoms with Crippen LogP contribution in [-0.2, 0) is 0 Å². The molecule has 0 aliphatic heterocycles. The second-order valence-electron chi connectivity index (χ2n) is 14.3. The molecule has 272 valence electrons. The Morgan fingerprint density at radius 3 is 1.19 bits per heavy atom. The van der Waals surface area contributed by atoms with Gasteiger partial charge in [0, 0.05) is 34.1 Å². The Bertz CT molecular complexity index is 2710. The van der Waals surface area contributed by atoms with Crippen molar-refractivity contribution in [3.63, 3.8) is 0 Å². The van der Waals surface area contributed by atoms with E-state index < -0.39 is 0 Å². The molecule has 0 bridgehead atoms. The number of aryl methyl sites for hydroxylation is 1. The molecule has 0 spiro atoms. The number of nitrogens with zero attached hydrogens (tertiary/aromatic N) is 2. The van der Waals surface area contributed by atoms with Crippen LogP contribution in [0.15, 0.2) is 224 Å². The van der Waals surface area contributed by atoms with E-state index in [-0.39, 0.29) is 0 Å².